The van der Waals surface area contributed by atoms with E-state index in [4.69, 9.17) is 9.47 Å². The van der Waals surface area contributed by atoms with E-state index in [1.54, 1.807) is 7.11 Å². The van der Waals surface area contributed by atoms with Gasteiger partial charge in [0, 0.05) is 30.8 Å². The highest BCUT2D eigenvalue weighted by atomic mass is 16.5. The minimum Gasteiger partial charge on any atom is -0.496 e. The zero-order valence-electron chi connectivity index (χ0n) is 14.9. The zero-order chi connectivity index (χ0) is 17.6. The van der Waals surface area contributed by atoms with Crippen molar-refractivity contribution < 1.29 is 14.3 Å². The molecule has 0 aromatic heterocycles. The highest BCUT2D eigenvalue weighted by Crippen LogP contribution is 2.31. The van der Waals surface area contributed by atoms with Crippen molar-refractivity contribution >= 4 is 5.91 Å². The molecule has 1 aliphatic rings. The molecule has 0 spiro atoms. The highest BCUT2D eigenvalue weighted by molar-refractivity contribution is 5.96. The third-order valence-corrected chi connectivity index (χ3v) is 4.66. The molecule has 0 atom stereocenters. The van der Waals surface area contributed by atoms with Crippen LogP contribution in [-0.2, 0) is 4.74 Å². The number of ether oxygens (including phenoxy) is 2. The maximum absolute atomic E-state index is 12.9. The molecule has 1 saturated heterocycles. The summed E-state index contributed by atoms with van der Waals surface area (Å²) in [4.78, 5) is 14.8. The number of amides is 1. The first kappa shape index (κ1) is 17.5. The Labute approximate surface area is 149 Å². The fourth-order valence-electron chi connectivity index (χ4n) is 3.33. The van der Waals surface area contributed by atoms with Gasteiger partial charge in [-0.3, -0.25) is 4.79 Å². The second-order valence-corrected chi connectivity index (χ2v) is 6.23. The van der Waals surface area contributed by atoms with E-state index in [0.29, 0.717) is 5.56 Å². The molecule has 1 fully saturated rings. The van der Waals surface area contributed by atoms with Crippen molar-refractivity contribution in [2.45, 2.75) is 25.9 Å². The molecule has 0 saturated carbocycles. The van der Waals surface area contributed by atoms with Gasteiger partial charge in [-0.25, -0.2) is 0 Å². The Morgan fingerprint density at radius 3 is 2.48 bits per heavy atom. The summed E-state index contributed by atoms with van der Waals surface area (Å²) in [5.74, 6) is 0.854. The number of likely N-dealkylation sites (tertiary alicyclic amines) is 1. The van der Waals surface area contributed by atoms with E-state index in [-0.39, 0.29) is 12.0 Å². The molecule has 3 rings (SSSR count). The van der Waals surface area contributed by atoms with Crippen LogP contribution < -0.4 is 4.74 Å². The third-order valence-electron chi connectivity index (χ3n) is 4.66. The maximum Gasteiger partial charge on any atom is 0.253 e. The minimum atomic E-state index is 0.0785. The van der Waals surface area contributed by atoms with E-state index >= 15 is 0 Å². The second kappa shape index (κ2) is 8.17. The van der Waals surface area contributed by atoms with E-state index < -0.39 is 0 Å². The van der Waals surface area contributed by atoms with Crippen LogP contribution in [0.15, 0.2) is 48.5 Å². The van der Waals surface area contributed by atoms with Gasteiger partial charge in [0.05, 0.1) is 13.2 Å². The van der Waals surface area contributed by atoms with Crippen LogP contribution >= 0.6 is 0 Å². The van der Waals surface area contributed by atoms with Crippen LogP contribution in [0.1, 0.15) is 30.1 Å². The van der Waals surface area contributed by atoms with Crippen LogP contribution in [0, 0.1) is 0 Å². The number of rotatable bonds is 5. The topological polar surface area (TPSA) is 38.8 Å². The lowest BCUT2D eigenvalue weighted by Crippen LogP contribution is -2.40. The van der Waals surface area contributed by atoms with Crippen LogP contribution in [0.5, 0.6) is 5.75 Å². The van der Waals surface area contributed by atoms with Gasteiger partial charge in [0.25, 0.3) is 5.91 Å². The predicted octanol–water partition coefficient (Wildman–Crippen LogP) is 4.00. The normalized spacial score (nSPS) is 15.2. The average Bonchev–Trinajstić information content (AvgIpc) is 2.68. The molecule has 0 N–H and O–H groups in total. The Hall–Kier alpha value is -2.33. The van der Waals surface area contributed by atoms with Crippen molar-refractivity contribution in [1.82, 2.24) is 4.90 Å². The number of carbonyl (C=O) groups excluding carboxylic acids is 1. The minimum absolute atomic E-state index is 0.0785. The molecular formula is C21H25NO3. The first-order valence-corrected chi connectivity index (χ1v) is 8.87. The highest BCUT2D eigenvalue weighted by Gasteiger charge is 2.24. The van der Waals surface area contributed by atoms with Crippen molar-refractivity contribution in [3.05, 3.63) is 54.1 Å². The summed E-state index contributed by atoms with van der Waals surface area (Å²) in [6.45, 7) is 4.24. The fourth-order valence-corrected chi connectivity index (χ4v) is 3.33. The molecule has 2 aromatic rings. The van der Waals surface area contributed by atoms with Gasteiger partial charge in [0.2, 0.25) is 0 Å². The van der Waals surface area contributed by atoms with Crippen LogP contribution in [0.3, 0.4) is 0 Å². The summed E-state index contributed by atoms with van der Waals surface area (Å²) in [7, 11) is 1.65. The number of piperidine rings is 1. The number of nitrogens with zero attached hydrogens (tertiary/aromatic N) is 1. The van der Waals surface area contributed by atoms with Gasteiger partial charge in [-0.05, 0) is 43.5 Å². The van der Waals surface area contributed by atoms with Gasteiger partial charge >= 0.3 is 0 Å². The van der Waals surface area contributed by atoms with E-state index in [1.807, 2.05) is 60.4 Å². The van der Waals surface area contributed by atoms with E-state index in [2.05, 4.69) is 0 Å². The van der Waals surface area contributed by atoms with Crippen molar-refractivity contribution in [3.63, 3.8) is 0 Å². The van der Waals surface area contributed by atoms with Crippen molar-refractivity contribution in [3.8, 4) is 16.9 Å². The van der Waals surface area contributed by atoms with Crippen LogP contribution in [0.25, 0.3) is 11.1 Å². The second-order valence-electron chi connectivity index (χ2n) is 6.23. The molecular weight excluding hydrogens is 314 g/mol. The van der Waals surface area contributed by atoms with E-state index in [1.165, 1.54) is 0 Å². The summed E-state index contributed by atoms with van der Waals surface area (Å²) in [6.07, 6.45) is 2.09. The summed E-state index contributed by atoms with van der Waals surface area (Å²) in [5.41, 5.74) is 2.69. The quantitative estimate of drug-likeness (QED) is 0.826. The van der Waals surface area contributed by atoms with Crippen LogP contribution in [-0.4, -0.2) is 43.7 Å². The SMILES string of the molecule is CCOC1CCN(C(=O)c2ccc(OC)c(-c3ccccc3)c2)CC1. The van der Waals surface area contributed by atoms with Crippen LogP contribution in [0.2, 0.25) is 0 Å². The van der Waals surface area contributed by atoms with E-state index in [0.717, 1.165) is 49.4 Å². The molecule has 1 heterocycles. The Bertz CT molecular complexity index is 706. The van der Waals surface area contributed by atoms with Crippen molar-refractivity contribution in [2.75, 3.05) is 26.8 Å². The lowest BCUT2D eigenvalue weighted by Gasteiger charge is -2.32. The first-order valence-electron chi connectivity index (χ1n) is 8.87. The summed E-state index contributed by atoms with van der Waals surface area (Å²) < 4.78 is 11.1. The molecule has 0 radical (unpaired) electrons. The number of methoxy groups -OCH3 is 1. The van der Waals surface area contributed by atoms with E-state index in [9.17, 15) is 4.79 Å². The van der Waals surface area contributed by atoms with Gasteiger partial charge in [-0.2, -0.15) is 0 Å². The molecule has 4 nitrogen and oxygen atoms in total. The van der Waals surface area contributed by atoms with Gasteiger partial charge in [0.1, 0.15) is 5.75 Å². The third kappa shape index (κ3) is 4.02. The molecule has 1 amide bonds. The largest absolute Gasteiger partial charge is 0.496 e. The zero-order valence-corrected chi connectivity index (χ0v) is 14.9. The van der Waals surface area contributed by atoms with Gasteiger partial charge in [-0.15, -0.1) is 0 Å². The smallest absolute Gasteiger partial charge is 0.253 e. The summed E-state index contributed by atoms with van der Waals surface area (Å²) in [5, 5.41) is 0. The summed E-state index contributed by atoms with van der Waals surface area (Å²) in [6, 6.07) is 15.7. The van der Waals surface area contributed by atoms with Crippen molar-refractivity contribution in [1.29, 1.82) is 0 Å². The molecule has 1 aliphatic heterocycles. The first-order chi connectivity index (χ1) is 12.2. The number of carbonyl (C=O) groups is 1. The lowest BCUT2D eigenvalue weighted by molar-refractivity contribution is 0.0146. The van der Waals surface area contributed by atoms with Gasteiger partial charge in [-0.1, -0.05) is 30.3 Å². The lowest BCUT2D eigenvalue weighted by atomic mass is 10.0. The average molecular weight is 339 g/mol. The standard InChI is InChI=1S/C21H25NO3/c1-3-25-18-11-13-22(14-12-18)21(23)17-9-10-20(24-2)19(15-17)16-7-5-4-6-8-16/h4-10,15,18H,3,11-14H2,1-2H3. The molecule has 132 valence electrons. The van der Waals surface area contributed by atoms with Crippen LogP contribution in [0.4, 0.5) is 0 Å². The summed E-state index contributed by atoms with van der Waals surface area (Å²) >= 11 is 0. The molecule has 0 bridgehead atoms. The molecule has 2 aromatic carbocycles. The molecule has 0 unspecified atom stereocenters. The predicted molar refractivity (Wildman–Crippen MR) is 99.0 cm³/mol. The Balaban J connectivity index is 1.80. The van der Waals surface area contributed by atoms with Gasteiger partial charge in [0.15, 0.2) is 0 Å². The van der Waals surface area contributed by atoms with Crippen molar-refractivity contribution in [2.24, 2.45) is 0 Å². The number of hydrogen-bond acceptors (Lipinski definition) is 3. The Morgan fingerprint density at radius 1 is 1.12 bits per heavy atom. The number of benzene rings is 2. The number of hydrogen-bond donors (Lipinski definition) is 0. The maximum atomic E-state index is 12.9. The van der Waals surface area contributed by atoms with Gasteiger partial charge < -0.3 is 14.4 Å². The molecule has 4 heteroatoms. The monoisotopic (exact) mass is 339 g/mol. The molecule has 0 aliphatic carbocycles. The fraction of sp³-hybridized carbons (Fsp3) is 0.381. The Kier molecular flexibility index (Phi) is 5.71. The Morgan fingerprint density at radius 2 is 1.84 bits per heavy atom. The molecule has 25 heavy (non-hydrogen) atoms.